The molecule has 3 aromatic carbocycles. The number of nitrogens with one attached hydrogen (secondary N) is 1. The number of hydrogen-bond acceptors (Lipinski definition) is 4. The topological polar surface area (TPSA) is 64.8 Å². The van der Waals surface area contributed by atoms with Gasteiger partial charge in [0, 0.05) is 29.2 Å². The lowest BCUT2D eigenvalue weighted by Gasteiger charge is -2.27. The number of nitrogens with zero attached hydrogens (tertiary/aromatic N) is 2. The number of benzene rings is 3. The zero-order valence-corrected chi connectivity index (χ0v) is 20.2. The van der Waals surface area contributed by atoms with Gasteiger partial charge in [-0.15, -0.1) is 0 Å². The van der Waals surface area contributed by atoms with E-state index in [2.05, 4.69) is 66.3 Å². The van der Waals surface area contributed by atoms with E-state index in [9.17, 15) is 4.79 Å². The Kier molecular flexibility index (Phi) is 6.03. The molecule has 1 aliphatic heterocycles. The van der Waals surface area contributed by atoms with Crippen LogP contribution in [0.3, 0.4) is 0 Å². The summed E-state index contributed by atoms with van der Waals surface area (Å²) in [5, 5.41) is 5.30. The average Bonchev–Trinajstić information content (AvgIpc) is 3.20. The Balaban J connectivity index is 1.29. The minimum atomic E-state index is -0.769. The number of carbonyl (C=O) groups is 1. The molecular weight excluding hydrogens is 438 g/mol. The average molecular weight is 468 g/mol. The molecule has 6 nitrogen and oxygen atoms in total. The molecule has 1 aromatic heterocycles. The van der Waals surface area contributed by atoms with Gasteiger partial charge in [0.2, 0.25) is 6.10 Å². The van der Waals surface area contributed by atoms with Crippen molar-refractivity contribution in [3.05, 3.63) is 95.7 Å². The molecule has 0 saturated carbocycles. The molecule has 0 saturated heterocycles. The number of carbonyl (C=O) groups excluding carboxylic acids is 1. The van der Waals surface area contributed by atoms with Crippen LogP contribution < -0.4 is 14.9 Å². The number of fused-ring (bicyclic) bond motifs is 2. The lowest BCUT2D eigenvalue weighted by molar-refractivity contribution is -0.130. The maximum Gasteiger partial charge on any atom is 0.284 e. The van der Waals surface area contributed by atoms with Crippen LogP contribution in [-0.2, 0) is 16.8 Å². The fourth-order valence-corrected chi connectivity index (χ4v) is 4.19. The molecule has 178 valence electrons. The quantitative estimate of drug-likeness (QED) is 0.321. The standard InChI is InChI=1S/C29H29N3O3/c1-29(2,3)22-13-14-25-26(15-22)35-27(19-34-25)28(33)31-30-16-21-18-32(17-20-9-5-4-6-10-20)24-12-8-7-11-23(21)24/h4-16,18,27H,17,19H2,1-3H3,(H,31,33)/t27-/m0/s1. The third-order valence-electron chi connectivity index (χ3n) is 6.16. The van der Waals surface area contributed by atoms with Gasteiger partial charge in [-0.1, -0.05) is 75.4 Å². The van der Waals surface area contributed by atoms with E-state index >= 15 is 0 Å². The SMILES string of the molecule is CC(C)(C)c1ccc2c(c1)O[C@H](C(=O)NN=Cc1cn(Cc3ccccc3)c3ccccc13)CO2. The van der Waals surface area contributed by atoms with Crippen LogP contribution in [-0.4, -0.2) is 29.4 Å². The van der Waals surface area contributed by atoms with Crippen LogP contribution in [0, 0.1) is 0 Å². The van der Waals surface area contributed by atoms with Crippen LogP contribution in [0.25, 0.3) is 10.9 Å². The van der Waals surface area contributed by atoms with Gasteiger partial charge in [-0.2, -0.15) is 5.10 Å². The lowest BCUT2D eigenvalue weighted by atomic mass is 9.87. The Morgan fingerprint density at radius 1 is 1.06 bits per heavy atom. The largest absolute Gasteiger partial charge is 0.485 e. The zero-order valence-electron chi connectivity index (χ0n) is 20.2. The first-order valence-electron chi connectivity index (χ1n) is 11.8. The first-order chi connectivity index (χ1) is 16.9. The minimum Gasteiger partial charge on any atom is -0.485 e. The molecule has 1 aliphatic rings. The van der Waals surface area contributed by atoms with Crippen LogP contribution in [0.1, 0.15) is 37.5 Å². The molecule has 0 radical (unpaired) electrons. The van der Waals surface area contributed by atoms with Gasteiger partial charge in [-0.25, -0.2) is 5.43 Å². The van der Waals surface area contributed by atoms with E-state index in [1.54, 1.807) is 6.21 Å². The molecule has 0 unspecified atom stereocenters. The van der Waals surface area contributed by atoms with Crippen molar-refractivity contribution < 1.29 is 14.3 Å². The van der Waals surface area contributed by atoms with Crippen molar-refractivity contribution in [1.82, 2.24) is 9.99 Å². The number of hydrazone groups is 1. The van der Waals surface area contributed by atoms with Gasteiger partial charge in [-0.3, -0.25) is 4.79 Å². The molecule has 1 N–H and O–H groups in total. The molecule has 1 atom stereocenters. The van der Waals surface area contributed by atoms with E-state index in [4.69, 9.17) is 9.47 Å². The first kappa shape index (κ1) is 22.7. The van der Waals surface area contributed by atoms with Crippen molar-refractivity contribution >= 4 is 23.0 Å². The normalized spacial score (nSPS) is 15.5. The highest BCUT2D eigenvalue weighted by atomic mass is 16.6. The molecular formula is C29H29N3O3. The highest BCUT2D eigenvalue weighted by Crippen LogP contribution is 2.36. The van der Waals surface area contributed by atoms with Crippen molar-refractivity contribution in [2.24, 2.45) is 5.10 Å². The summed E-state index contributed by atoms with van der Waals surface area (Å²) in [7, 11) is 0. The number of hydrogen-bond donors (Lipinski definition) is 1. The maximum atomic E-state index is 12.8. The van der Waals surface area contributed by atoms with Gasteiger partial charge in [0.25, 0.3) is 5.91 Å². The smallest absolute Gasteiger partial charge is 0.284 e. The maximum absolute atomic E-state index is 12.8. The molecule has 5 rings (SSSR count). The van der Waals surface area contributed by atoms with Crippen LogP contribution in [0.2, 0.25) is 0 Å². The Hall–Kier alpha value is -4.06. The Bertz CT molecular complexity index is 1380. The highest BCUT2D eigenvalue weighted by molar-refractivity contribution is 5.99. The van der Waals surface area contributed by atoms with E-state index in [-0.39, 0.29) is 17.9 Å². The van der Waals surface area contributed by atoms with Crippen molar-refractivity contribution in [1.29, 1.82) is 0 Å². The van der Waals surface area contributed by atoms with E-state index in [0.29, 0.717) is 11.5 Å². The van der Waals surface area contributed by atoms with E-state index in [0.717, 1.165) is 28.6 Å². The van der Waals surface area contributed by atoms with Gasteiger partial charge in [0.1, 0.15) is 6.61 Å². The predicted octanol–water partition coefficient (Wildman–Crippen LogP) is 5.28. The Labute approximate surface area is 205 Å². The van der Waals surface area contributed by atoms with Gasteiger partial charge >= 0.3 is 0 Å². The third kappa shape index (κ3) is 4.92. The Morgan fingerprint density at radius 2 is 1.83 bits per heavy atom. The van der Waals surface area contributed by atoms with Crippen LogP contribution in [0.5, 0.6) is 11.5 Å². The fraction of sp³-hybridized carbons (Fsp3) is 0.241. The second kappa shape index (κ2) is 9.29. The van der Waals surface area contributed by atoms with Crippen molar-refractivity contribution in [2.75, 3.05) is 6.61 Å². The van der Waals surface area contributed by atoms with E-state index in [1.807, 2.05) is 48.5 Å². The van der Waals surface area contributed by atoms with Crippen LogP contribution in [0.4, 0.5) is 0 Å². The fourth-order valence-electron chi connectivity index (χ4n) is 4.19. The van der Waals surface area contributed by atoms with Gasteiger partial charge < -0.3 is 14.0 Å². The second-order valence-electron chi connectivity index (χ2n) is 9.78. The van der Waals surface area contributed by atoms with Crippen LogP contribution in [0.15, 0.2) is 84.1 Å². The summed E-state index contributed by atoms with van der Waals surface area (Å²) in [4.78, 5) is 12.8. The first-order valence-corrected chi connectivity index (χ1v) is 11.8. The summed E-state index contributed by atoms with van der Waals surface area (Å²) in [5.41, 5.74) is 6.96. The van der Waals surface area contributed by atoms with Gasteiger partial charge in [0.05, 0.1) is 6.21 Å². The number of amides is 1. The van der Waals surface area contributed by atoms with Gasteiger partial charge in [-0.05, 0) is 34.7 Å². The highest BCUT2D eigenvalue weighted by Gasteiger charge is 2.28. The monoisotopic (exact) mass is 467 g/mol. The lowest BCUT2D eigenvalue weighted by Crippen LogP contribution is -2.42. The molecule has 0 spiro atoms. The number of para-hydroxylation sites is 1. The zero-order chi connectivity index (χ0) is 24.4. The van der Waals surface area contributed by atoms with E-state index in [1.165, 1.54) is 5.56 Å². The summed E-state index contributed by atoms with van der Waals surface area (Å²) < 4.78 is 13.9. The van der Waals surface area contributed by atoms with Gasteiger partial charge in [0.15, 0.2) is 11.5 Å². The minimum absolute atomic E-state index is 0.0302. The molecule has 2 heterocycles. The summed E-state index contributed by atoms with van der Waals surface area (Å²) in [6.45, 7) is 7.29. The number of aromatic nitrogens is 1. The number of rotatable bonds is 5. The summed E-state index contributed by atoms with van der Waals surface area (Å²) in [6, 6.07) is 24.4. The second-order valence-corrected chi connectivity index (χ2v) is 9.78. The Morgan fingerprint density at radius 3 is 2.63 bits per heavy atom. The summed E-state index contributed by atoms with van der Waals surface area (Å²) >= 11 is 0. The molecule has 6 heteroatoms. The summed E-state index contributed by atoms with van der Waals surface area (Å²) in [5.74, 6) is 0.884. The predicted molar refractivity (Wildman–Crippen MR) is 138 cm³/mol. The van der Waals surface area contributed by atoms with Crippen molar-refractivity contribution in [2.45, 2.75) is 38.8 Å². The molecule has 0 bridgehead atoms. The molecule has 0 aliphatic carbocycles. The number of ether oxygens (including phenoxy) is 2. The molecule has 4 aromatic rings. The molecule has 0 fully saturated rings. The summed E-state index contributed by atoms with van der Waals surface area (Å²) in [6.07, 6.45) is 2.96. The van der Waals surface area contributed by atoms with Crippen molar-refractivity contribution in [3.63, 3.8) is 0 Å². The third-order valence-corrected chi connectivity index (χ3v) is 6.16. The molecule has 35 heavy (non-hydrogen) atoms. The van der Waals surface area contributed by atoms with Crippen LogP contribution >= 0.6 is 0 Å². The van der Waals surface area contributed by atoms with Crippen molar-refractivity contribution in [3.8, 4) is 11.5 Å². The molecule has 1 amide bonds. The van der Waals surface area contributed by atoms with E-state index < -0.39 is 6.10 Å².